The van der Waals surface area contributed by atoms with Gasteiger partial charge in [0.2, 0.25) is 0 Å². The molecule has 0 amide bonds. The maximum absolute atomic E-state index is 13.6. The van der Waals surface area contributed by atoms with Gasteiger partial charge in [0.25, 0.3) is 0 Å². The lowest BCUT2D eigenvalue weighted by Gasteiger charge is -2.40. The Balaban J connectivity index is 1.98. The van der Waals surface area contributed by atoms with Gasteiger partial charge in [-0.25, -0.2) is 4.39 Å². The van der Waals surface area contributed by atoms with E-state index < -0.39 is 0 Å². The van der Waals surface area contributed by atoms with Crippen LogP contribution in [-0.2, 0) is 6.54 Å². The van der Waals surface area contributed by atoms with Crippen LogP contribution in [0.3, 0.4) is 0 Å². The molecule has 20 heavy (non-hydrogen) atoms. The molecule has 3 atom stereocenters. The molecule has 2 nitrogen and oxygen atoms in total. The predicted molar refractivity (Wildman–Crippen MR) is 82.4 cm³/mol. The standard InChI is InChI=1S/C17H27FN2/c1-11-6-15(7-12(2)17(11)18)9-19-16-8-14(4)20(5)10-13(16)3/h6-7,13-14,16,19H,8-10H2,1-5H3. The largest absolute Gasteiger partial charge is 0.310 e. The van der Waals surface area contributed by atoms with Crippen LogP contribution in [0, 0.1) is 25.6 Å². The molecule has 1 heterocycles. The third-order valence-corrected chi connectivity index (χ3v) is 4.67. The number of rotatable bonds is 3. The van der Waals surface area contributed by atoms with E-state index in [0.717, 1.165) is 24.2 Å². The molecule has 3 unspecified atom stereocenters. The molecule has 112 valence electrons. The first kappa shape index (κ1) is 15.5. The second-order valence-corrected chi connectivity index (χ2v) is 6.53. The molecule has 0 aliphatic carbocycles. The molecule has 0 radical (unpaired) electrons. The van der Waals surface area contributed by atoms with Gasteiger partial charge in [0.1, 0.15) is 5.82 Å². The molecule has 0 saturated carbocycles. The van der Waals surface area contributed by atoms with Crippen LogP contribution < -0.4 is 5.32 Å². The fourth-order valence-electron chi connectivity index (χ4n) is 3.21. The quantitative estimate of drug-likeness (QED) is 0.913. The van der Waals surface area contributed by atoms with Gasteiger partial charge in [-0.15, -0.1) is 0 Å². The third-order valence-electron chi connectivity index (χ3n) is 4.67. The zero-order chi connectivity index (χ0) is 14.9. The molecule has 1 aliphatic rings. The van der Waals surface area contributed by atoms with Crippen molar-refractivity contribution in [1.29, 1.82) is 0 Å². The van der Waals surface area contributed by atoms with Crippen LogP contribution in [0.5, 0.6) is 0 Å². The number of aryl methyl sites for hydroxylation is 2. The Kier molecular flexibility index (Phi) is 4.82. The van der Waals surface area contributed by atoms with E-state index in [0.29, 0.717) is 18.0 Å². The molecule has 0 bridgehead atoms. The van der Waals surface area contributed by atoms with Crippen molar-refractivity contribution in [3.05, 3.63) is 34.6 Å². The maximum atomic E-state index is 13.6. The Morgan fingerprint density at radius 2 is 1.85 bits per heavy atom. The highest BCUT2D eigenvalue weighted by molar-refractivity contribution is 5.30. The van der Waals surface area contributed by atoms with E-state index in [1.54, 1.807) is 0 Å². The molecule has 2 rings (SSSR count). The zero-order valence-electron chi connectivity index (χ0n) is 13.3. The van der Waals surface area contributed by atoms with Crippen LogP contribution in [0.15, 0.2) is 12.1 Å². The van der Waals surface area contributed by atoms with Gasteiger partial charge in [0, 0.05) is 25.2 Å². The number of hydrogen-bond donors (Lipinski definition) is 1. The second kappa shape index (κ2) is 6.23. The minimum Gasteiger partial charge on any atom is -0.310 e. The Morgan fingerprint density at radius 1 is 1.25 bits per heavy atom. The lowest BCUT2D eigenvalue weighted by Crippen LogP contribution is -2.50. The van der Waals surface area contributed by atoms with Crippen molar-refractivity contribution in [2.45, 2.75) is 52.7 Å². The van der Waals surface area contributed by atoms with Crippen molar-refractivity contribution < 1.29 is 4.39 Å². The highest BCUT2D eigenvalue weighted by Gasteiger charge is 2.28. The summed E-state index contributed by atoms with van der Waals surface area (Å²) in [6.45, 7) is 10.2. The van der Waals surface area contributed by atoms with Crippen LogP contribution >= 0.6 is 0 Å². The van der Waals surface area contributed by atoms with Crippen molar-refractivity contribution >= 4 is 0 Å². The summed E-state index contributed by atoms with van der Waals surface area (Å²) in [5.41, 5.74) is 2.67. The van der Waals surface area contributed by atoms with Gasteiger partial charge in [-0.3, -0.25) is 0 Å². The van der Waals surface area contributed by atoms with Crippen LogP contribution in [0.4, 0.5) is 4.39 Å². The molecule has 0 aromatic heterocycles. The Hall–Kier alpha value is -0.930. The topological polar surface area (TPSA) is 15.3 Å². The number of benzene rings is 1. The minimum absolute atomic E-state index is 0.0740. The van der Waals surface area contributed by atoms with Gasteiger partial charge < -0.3 is 10.2 Å². The predicted octanol–water partition coefficient (Wildman–Crippen LogP) is 3.26. The van der Waals surface area contributed by atoms with E-state index >= 15 is 0 Å². The van der Waals surface area contributed by atoms with Gasteiger partial charge in [-0.05, 0) is 56.8 Å². The van der Waals surface area contributed by atoms with E-state index in [1.807, 2.05) is 26.0 Å². The monoisotopic (exact) mass is 278 g/mol. The molecule has 1 saturated heterocycles. The van der Waals surface area contributed by atoms with Gasteiger partial charge in [0.15, 0.2) is 0 Å². The van der Waals surface area contributed by atoms with E-state index in [4.69, 9.17) is 0 Å². The summed E-state index contributed by atoms with van der Waals surface area (Å²) in [6, 6.07) is 5.09. The smallest absolute Gasteiger partial charge is 0.129 e. The van der Waals surface area contributed by atoms with Gasteiger partial charge >= 0.3 is 0 Å². The van der Waals surface area contributed by atoms with Gasteiger partial charge in [0.05, 0.1) is 0 Å². The second-order valence-electron chi connectivity index (χ2n) is 6.53. The normalized spacial score (nSPS) is 27.8. The Labute approximate surface area is 122 Å². The van der Waals surface area contributed by atoms with Gasteiger partial charge in [-0.1, -0.05) is 19.1 Å². The third kappa shape index (κ3) is 3.39. The van der Waals surface area contributed by atoms with Gasteiger partial charge in [-0.2, -0.15) is 0 Å². The summed E-state index contributed by atoms with van der Waals surface area (Å²) in [5, 5.41) is 3.66. The van der Waals surface area contributed by atoms with Crippen LogP contribution in [0.25, 0.3) is 0 Å². The van der Waals surface area contributed by atoms with Crippen LogP contribution in [0.1, 0.15) is 37.0 Å². The lowest BCUT2D eigenvalue weighted by molar-refractivity contribution is 0.121. The van der Waals surface area contributed by atoms with E-state index in [9.17, 15) is 4.39 Å². The fraction of sp³-hybridized carbons (Fsp3) is 0.647. The summed E-state index contributed by atoms with van der Waals surface area (Å²) >= 11 is 0. The van der Waals surface area contributed by atoms with E-state index in [1.165, 1.54) is 12.0 Å². The summed E-state index contributed by atoms with van der Waals surface area (Å²) in [4.78, 5) is 2.43. The summed E-state index contributed by atoms with van der Waals surface area (Å²) in [5.74, 6) is 0.578. The molecule has 3 heteroatoms. The number of likely N-dealkylation sites (tertiary alicyclic amines) is 1. The SMILES string of the molecule is Cc1cc(CNC2CC(C)N(C)CC2C)cc(C)c1F. The van der Waals surface area contributed by atoms with Crippen LogP contribution in [-0.4, -0.2) is 30.6 Å². The zero-order valence-corrected chi connectivity index (χ0v) is 13.3. The van der Waals surface area contributed by atoms with Crippen molar-refractivity contribution in [3.63, 3.8) is 0 Å². The first-order chi connectivity index (χ1) is 9.38. The maximum Gasteiger partial charge on any atom is 0.129 e. The average molecular weight is 278 g/mol. The van der Waals surface area contributed by atoms with Crippen molar-refractivity contribution in [3.8, 4) is 0 Å². The molecule has 1 fully saturated rings. The number of halogens is 1. The molecule has 0 spiro atoms. The number of hydrogen-bond acceptors (Lipinski definition) is 2. The van der Waals surface area contributed by atoms with E-state index in [-0.39, 0.29) is 5.82 Å². The molecule has 1 N–H and O–H groups in total. The number of nitrogens with one attached hydrogen (secondary N) is 1. The van der Waals surface area contributed by atoms with E-state index in [2.05, 4.69) is 31.1 Å². The Morgan fingerprint density at radius 3 is 2.45 bits per heavy atom. The molecular formula is C17H27FN2. The first-order valence-corrected chi connectivity index (χ1v) is 7.57. The minimum atomic E-state index is -0.0740. The summed E-state index contributed by atoms with van der Waals surface area (Å²) in [6.07, 6.45) is 1.18. The number of piperidine rings is 1. The molecule has 1 aliphatic heterocycles. The molecule has 1 aromatic carbocycles. The Bertz CT molecular complexity index is 449. The first-order valence-electron chi connectivity index (χ1n) is 7.57. The molecule has 1 aromatic rings. The van der Waals surface area contributed by atoms with Crippen LogP contribution in [0.2, 0.25) is 0 Å². The van der Waals surface area contributed by atoms with Crippen molar-refractivity contribution in [2.24, 2.45) is 5.92 Å². The molecular weight excluding hydrogens is 251 g/mol. The summed E-state index contributed by atoms with van der Waals surface area (Å²) in [7, 11) is 2.20. The van der Waals surface area contributed by atoms with Crippen molar-refractivity contribution in [2.75, 3.05) is 13.6 Å². The highest BCUT2D eigenvalue weighted by atomic mass is 19.1. The number of nitrogens with zero attached hydrogens (tertiary/aromatic N) is 1. The average Bonchev–Trinajstić information content (AvgIpc) is 2.38. The fourth-order valence-corrected chi connectivity index (χ4v) is 3.21. The van der Waals surface area contributed by atoms with Crippen molar-refractivity contribution in [1.82, 2.24) is 10.2 Å². The highest BCUT2D eigenvalue weighted by Crippen LogP contribution is 2.21. The lowest BCUT2D eigenvalue weighted by atomic mass is 9.89. The summed E-state index contributed by atoms with van der Waals surface area (Å²) < 4.78 is 13.6.